The van der Waals surface area contributed by atoms with E-state index in [1.165, 1.54) is 12.1 Å². The number of anilines is 1. The Morgan fingerprint density at radius 2 is 1.27 bits per heavy atom. The second-order valence-corrected chi connectivity index (χ2v) is 8.76. The Morgan fingerprint density at radius 1 is 0.867 bits per heavy atom. The molecule has 0 saturated carbocycles. The quantitative estimate of drug-likeness (QED) is 0.614. The topological polar surface area (TPSA) is 84.2 Å². The van der Waals surface area contributed by atoms with Crippen molar-refractivity contribution in [2.45, 2.75) is 0 Å². The third kappa shape index (κ3) is 3.59. The summed E-state index contributed by atoms with van der Waals surface area (Å²) in [6.45, 7) is -8.01. The zero-order valence-electron chi connectivity index (χ0n) is 7.33. The molecule has 0 atom stereocenters. The minimum absolute atomic E-state index is 0.180. The summed E-state index contributed by atoms with van der Waals surface area (Å²) in [5, 5.41) is 0. The molecule has 1 rings (SSSR count). The Kier molecular flexibility index (Phi) is 4.03. The van der Waals surface area contributed by atoms with Gasteiger partial charge in [0.15, 0.2) is 0 Å². The van der Waals surface area contributed by atoms with Crippen LogP contribution in [0, 0.1) is 0 Å². The van der Waals surface area contributed by atoms with E-state index in [1.807, 2.05) is 0 Å². The minimum Gasteiger partial charge on any atom is -0.329 e. The highest BCUT2D eigenvalue weighted by atomic mass is 32.5. The van der Waals surface area contributed by atoms with E-state index >= 15 is 0 Å². The highest BCUT2D eigenvalue weighted by Crippen LogP contribution is 2.60. The summed E-state index contributed by atoms with van der Waals surface area (Å²) in [6.07, 6.45) is 0. The SMILES string of the molecule is OP(O)(=S)N(c1ccccc1)P(O)(O)=S. The summed E-state index contributed by atoms with van der Waals surface area (Å²) < 4.78 is 0.532. The number of rotatable bonds is 3. The summed E-state index contributed by atoms with van der Waals surface area (Å²) in [6, 6.07) is 7.80. The highest BCUT2D eigenvalue weighted by molar-refractivity contribution is 8.19. The fraction of sp³-hybridized carbons (Fsp3) is 0. The van der Waals surface area contributed by atoms with Crippen LogP contribution in [0.4, 0.5) is 5.69 Å². The van der Waals surface area contributed by atoms with Gasteiger partial charge in [0, 0.05) is 0 Å². The Labute approximate surface area is 97.1 Å². The molecule has 0 unspecified atom stereocenters. The fourth-order valence-corrected chi connectivity index (χ4v) is 5.91. The van der Waals surface area contributed by atoms with Crippen molar-refractivity contribution in [3.63, 3.8) is 0 Å². The maximum Gasteiger partial charge on any atom is 0.292 e. The van der Waals surface area contributed by atoms with Crippen molar-refractivity contribution < 1.29 is 19.6 Å². The van der Waals surface area contributed by atoms with E-state index in [0.717, 1.165) is 0 Å². The van der Waals surface area contributed by atoms with Crippen molar-refractivity contribution in [1.29, 1.82) is 0 Å². The van der Waals surface area contributed by atoms with Crippen LogP contribution in [-0.2, 0) is 23.6 Å². The molecule has 0 aliphatic heterocycles. The average molecular weight is 285 g/mol. The molecule has 0 radical (unpaired) electrons. The molecule has 0 spiro atoms. The van der Waals surface area contributed by atoms with Crippen molar-refractivity contribution >= 4 is 42.6 Å². The van der Waals surface area contributed by atoms with Crippen LogP contribution in [0.1, 0.15) is 0 Å². The van der Waals surface area contributed by atoms with E-state index in [-0.39, 0.29) is 5.69 Å². The van der Waals surface area contributed by atoms with Gasteiger partial charge in [0.25, 0.3) is 13.3 Å². The molecule has 0 amide bonds. The number of hydrogen-bond donors (Lipinski definition) is 4. The van der Waals surface area contributed by atoms with Crippen LogP contribution >= 0.6 is 13.3 Å². The van der Waals surface area contributed by atoms with E-state index in [2.05, 4.69) is 23.6 Å². The lowest BCUT2D eigenvalue weighted by molar-refractivity contribution is 0.457. The lowest BCUT2D eigenvalue weighted by Crippen LogP contribution is -2.14. The molecule has 0 bridgehead atoms. The molecule has 1 aromatic rings. The standard InChI is InChI=1S/C6H9NO4P2S2/c8-12(9,14)7(13(10,11)15)6-4-2-1-3-5-6/h1-5H,(H2,8,9,14)(H2,10,11,15). The van der Waals surface area contributed by atoms with Gasteiger partial charge >= 0.3 is 0 Å². The first-order valence-corrected chi connectivity index (χ1v) is 9.02. The second-order valence-electron chi connectivity index (χ2n) is 2.65. The molecule has 0 aromatic heterocycles. The van der Waals surface area contributed by atoms with Gasteiger partial charge < -0.3 is 19.6 Å². The monoisotopic (exact) mass is 285 g/mol. The number of para-hydroxylation sites is 1. The van der Waals surface area contributed by atoms with Crippen LogP contribution in [0.15, 0.2) is 30.3 Å². The number of hydrogen-bond acceptors (Lipinski definition) is 2. The minimum atomic E-state index is -4.01. The number of nitrogens with zero attached hydrogens (tertiary/aromatic N) is 1. The third-order valence-electron chi connectivity index (χ3n) is 1.48. The van der Waals surface area contributed by atoms with Gasteiger partial charge in [0.1, 0.15) is 0 Å². The molecule has 0 heterocycles. The molecule has 9 heteroatoms. The third-order valence-corrected chi connectivity index (χ3v) is 6.13. The molecule has 15 heavy (non-hydrogen) atoms. The normalized spacial score (nSPS) is 12.5. The van der Waals surface area contributed by atoms with E-state index in [9.17, 15) is 19.6 Å². The van der Waals surface area contributed by atoms with Gasteiger partial charge in [0.2, 0.25) is 0 Å². The first-order valence-electron chi connectivity index (χ1n) is 3.70. The first-order chi connectivity index (χ1) is 6.73. The summed E-state index contributed by atoms with van der Waals surface area (Å²) in [5.74, 6) is 0. The predicted octanol–water partition coefficient (Wildman–Crippen LogP) is 0.911. The fourth-order valence-electron chi connectivity index (χ4n) is 1.01. The Morgan fingerprint density at radius 3 is 1.60 bits per heavy atom. The largest absolute Gasteiger partial charge is 0.329 e. The Bertz CT molecular complexity index is 406. The average Bonchev–Trinajstić information content (AvgIpc) is 2.00. The van der Waals surface area contributed by atoms with E-state index in [0.29, 0.717) is 4.44 Å². The zero-order chi connectivity index (χ0) is 11.7. The molecule has 1 aromatic carbocycles. The Hall–Kier alpha value is 0.160. The van der Waals surface area contributed by atoms with E-state index < -0.39 is 13.3 Å². The summed E-state index contributed by atoms with van der Waals surface area (Å²) >= 11 is 8.85. The van der Waals surface area contributed by atoms with Crippen LogP contribution in [-0.4, -0.2) is 19.6 Å². The van der Waals surface area contributed by atoms with Crippen LogP contribution in [0.5, 0.6) is 0 Å². The van der Waals surface area contributed by atoms with Gasteiger partial charge in [-0.3, -0.25) is 0 Å². The van der Waals surface area contributed by atoms with Crippen LogP contribution in [0.2, 0.25) is 0 Å². The van der Waals surface area contributed by atoms with Gasteiger partial charge in [-0.2, -0.15) is 0 Å². The molecular weight excluding hydrogens is 276 g/mol. The summed E-state index contributed by atoms with van der Waals surface area (Å²) in [7, 11) is 0. The lowest BCUT2D eigenvalue weighted by atomic mass is 10.3. The molecular formula is C6H9NO4P2S2. The van der Waals surface area contributed by atoms with Crippen LogP contribution in [0.3, 0.4) is 0 Å². The van der Waals surface area contributed by atoms with Gasteiger partial charge in [0.05, 0.1) is 5.69 Å². The van der Waals surface area contributed by atoms with Gasteiger partial charge in [-0.15, -0.1) is 0 Å². The van der Waals surface area contributed by atoms with Crippen LogP contribution < -0.4 is 4.44 Å². The van der Waals surface area contributed by atoms with E-state index in [1.54, 1.807) is 18.2 Å². The predicted molar refractivity (Wildman–Crippen MR) is 66.4 cm³/mol. The molecule has 0 saturated heterocycles. The van der Waals surface area contributed by atoms with Crippen molar-refractivity contribution in [1.82, 2.24) is 0 Å². The molecule has 0 aliphatic carbocycles. The smallest absolute Gasteiger partial charge is 0.292 e. The summed E-state index contributed by atoms with van der Waals surface area (Å²) in [4.78, 5) is 37.3. The van der Waals surface area contributed by atoms with Crippen molar-refractivity contribution in [2.24, 2.45) is 0 Å². The highest BCUT2D eigenvalue weighted by Gasteiger charge is 2.32. The first kappa shape index (κ1) is 13.2. The lowest BCUT2D eigenvalue weighted by Gasteiger charge is -2.30. The second kappa shape index (κ2) is 4.57. The maximum atomic E-state index is 9.31. The Balaban J connectivity index is 3.27. The maximum absolute atomic E-state index is 9.31. The molecule has 5 nitrogen and oxygen atoms in total. The molecule has 0 fully saturated rings. The molecule has 4 N–H and O–H groups in total. The van der Waals surface area contributed by atoms with Gasteiger partial charge in [-0.25, -0.2) is 4.44 Å². The van der Waals surface area contributed by atoms with E-state index in [4.69, 9.17) is 0 Å². The summed E-state index contributed by atoms with van der Waals surface area (Å²) in [5.41, 5.74) is 0.180. The number of benzene rings is 1. The molecule has 84 valence electrons. The van der Waals surface area contributed by atoms with Crippen molar-refractivity contribution in [3.8, 4) is 0 Å². The van der Waals surface area contributed by atoms with Crippen LogP contribution in [0.25, 0.3) is 0 Å². The molecule has 0 aliphatic rings. The zero-order valence-corrected chi connectivity index (χ0v) is 10.8. The van der Waals surface area contributed by atoms with Gasteiger partial charge in [-0.05, 0) is 35.7 Å². The van der Waals surface area contributed by atoms with Gasteiger partial charge in [-0.1, -0.05) is 18.2 Å². The van der Waals surface area contributed by atoms with Crippen molar-refractivity contribution in [3.05, 3.63) is 30.3 Å². The van der Waals surface area contributed by atoms with Crippen molar-refractivity contribution in [2.75, 3.05) is 4.44 Å².